The molecule has 1 N–H and O–H groups in total. The number of piperidine rings is 1. The number of rotatable bonds is 5. The van der Waals surface area contributed by atoms with Crippen molar-refractivity contribution in [2.24, 2.45) is 17.3 Å². The van der Waals surface area contributed by atoms with Crippen molar-refractivity contribution in [3.63, 3.8) is 0 Å². The van der Waals surface area contributed by atoms with Crippen molar-refractivity contribution in [3.8, 4) is 0 Å². The van der Waals surface area contributed by atoms with Gasteiger partial charge < -0.3 is 9.88 Å². The Balaban J connectivity index is 1.19. The number of carbonyl (C=O) groups is 1. The number of hydrogen-bond acceptors (Lipinski definition) is 4. The first-order valence-corrected chi connectivity index (χ1v) is 13.9. The molecule has 0 unspecified atom stereocenters. The third kappa shape index (κ3) is 5.37. The highest BCUT2D eigenvalue weighted by molar-refractivity contribution is 7.18. The van der Waals surface area contributed by atoms with Gasteiger partial charge in [0.15, 0.2) is 0 Å². The molecular weight excluding hydrogens is 454 g/mol. The lowest BCUT2D eigenvalue weighted by Crippen LogP contribution is -2.39. The molecule has 5 rings (SSSR count). The fourth-order valence-corrected chi connectivity index (χ4v) is 7.12. The van der Waals surface area contributed by atoms with Crippen molar-refractivity contribution < 1.29 is 4.79 Å². The van der Waals surface area contributed by atoms with Crippen molar-refractivity contribution in [2.45, 2.75) is 72.1 Å². The van der Waals surface area contributed by atoms with Crippen molar-refractivity contribution >= 4 is 27.5 Å². The maximum atomic E-state index is 13.0. The van der Waals surface area contributed by atoms with Crippen LogP contribution in [0.2, 0.25) is 0 Å². The molecule has 35 heavy (non-hydrogen) atoms. The lowest BCUT2D eigenvalue weighted by atomic mass is 9.72. The monoisotopic (exact) mass is 491 g/mol. The van der Waals surface area contributed by atoms with Crippen LogP contribution in [0.1, 0.15) is 68.3 Å². The average molecular weight is 492 g/mol. The summed E-state index contributed by atoms with van der Waals surface area (Å²) >= 11 is 1.68. The van der Waals surface area contributed by atoms with Crippen molar-refractivity contribution in [2.75, 3.05) is 13.1 Å². The van der Waals surface area contributed by atoms with Gasteiger partial charge >= 0.3 is 0 Å². The highest BCUT2D eigenvalue weighted by atomic mass is 32.1. The number of aryl methyl sites for hydroxylation is 2. The number of carbonyl (C=O) groups excluding carboxylic acids is 1. The molecular formula is C29H37N3O2S. The van der Waals surface area contributed by atoms with Gasteiger partial charge in [-0.2, -0.15) is 0 Å². The molecule has 3 aromatic rings. The fourth-order valence-electron chi connectivity index (χ4n) is 5.80. The summed E-state index contributed by atoms with van der Waals surface area (Å²) in [5.74, 6) is 2.09. The van der Waals surface area contributed by atoms with Gasteiger partial charge in [0.25, 0.3) is 5.56 Å². The van der Waals surface area contributed by atoms with E-state index in [2.05, 4.69) is 56.1 Å². The Morgan fingerprint density at radius 3 is 2.60 bits per heavy atom. The minimum absolute atomic E-state index is 0.0362. The molecule has 1 saturated heterocycles. The fraction of sp³-hybridized carbons (Fsp3) is 0.552. The first-order chi connectivity index (χ1) is 16.8. The molecule has 0 bridgehead atoms. The molecule has 1 amide bonds. The number of aromatic amines is 1. The van der Waals surface area contributed by atoms with E-state index >= 15 is 0 Å². The van der Waals surface area contributed by atoms with E-state index < -0.39 is 0 Å². The van der Waals surface area contributed by atoms with E-state index in [9.17, 15) is 9.59 Å². The quantitative estimate of drug-likeness (QED) is 0.509. The maximum Gasteiger partial charge on any atom is 0.259 e. The summed E-state index contributed by atoms with van der Waals surface area (Å²) in [5.41, 5.74) is 2.83. The Morgan fingerprint density at radius 1 is 1.14 bits per heavy atom. The predicted molar refractivity (Wildman–Crippen MR) is 143 cm³/mol. The van der Waals surface area contributed by atoms with Gasteiger partial charge in [-0.25, -0.2) is 4.98 Å². The molecule has 0 radical (unpaired) electrons. The van der Waals surface area contributed by atoms with Crippen LogP contribution in [0.25, 0.3) is 10.2 Å². The molecule has 2 aliphatic rings. The Bertz CT molecular complexity index is 1250. The summed E-state index contributed by atoms with van der Waals surface area (Å²) in [6.07, 6.45) is 7.20. The zero-order valence-electron chi connectivity index (χ0n) is 21.2. The summed E-state index contributed by atoms with van der Waals surface area (Å²) in [5, 5.41) is 0.785. The van der Waals surface area contributed by atoms with Gasteiger partial charge in [-0.05, 0) is 66.9 Å². The molecule has 6 heteroatoms. The van der Waals surface area contributed by atoms with Gasteiger partial charge in [0.05, 0.1) is 5.39 Å². The maximum absolute atomic E-state index is 13.0. The number of benzene rings is 1. The highest BCUT2D eigenvalue weighted by Gasteiger charge is 2.31. The smallest absolute Gasteiger partial charge is 0.259 e. The van der Waals surface area contributed by atoms with Crippen LogP contribution < -0.4 is 5.56 Å². The number of nitrogens with one attached hydrogen (secondary N) is 1. The summed E-state index contributed by atoms with van der Waals surface area (Å²) in [6.45, 7) is 8.57. The van der Waals surface area contributed by atoms with Gasteiger partial charge in [0, 0.05) is 30.8 Å². The van der Waals surface area contributed by atoms with Crippen LogP contribution in [0.4, 0.5) is 0 Å². The van der Waals surface area contributed by atoms with E-state index in [0.717, 1.165) is 61.8 Å². The SMILES string of the molecule is CC(C)(C)[C@H]1CCc2c(sc3nc(CCC(=O)N4CCC(Cc5ccccc5)CC4)[nH]c(=O)c23)C1. The van der Waals surface area contributed by atoms with E-state index in [1.807, 2.05) is 4.90 Å². The Kier molecular flexibility index (Phi) is 6.84. The summed E-state index contributed by atoms with van der Waals surface area (Å²) in [6, 6.07) is 10.6. The molecule has 0 spiro atoms. The lowest BCUT2D eigenvalue weighted by Gasteiger charge is -2.33. The number of H-pyrrole nitrogens is 1. The Labute approximate surface area is 212 Å². The minimum Gasteiger partial charge on any atom is -0.343 e. The Morgan fingerprint density at radius 2 is 1.89 bits per heavy atom. The van der Waals surface area contributed by atoms with Crippen LogP contribution >= 0.6 is 11.3 Å². The molecule has 1 aliphatic heterocycles. The van der Waals surface area contributed by atoms with Crippen molar-refractivity contribution in [1.29, 1.82) is 0 Å². The Hall–Kier alpha value is -2.47. The normalized spacial score (nSPS) is 19.2. The van der Waals surface area contributed by atoms with Crippen LogP contribution in [-0.2, 0) is 30.5 Å². The third-order valence-corrected chi connectivity index (χ3v) is 9.25. The van der Waals surface area contributed by atoms with Crippen LogP contribution in [0.5, 0.6) is 0 Å². The zero-order chi connectivity index (χ0) is 24.6. The largest absolute Gasteiger partial charge is 0.343 e. The van der Waals surface area contributed by atoms with Gasteiger partial charge in [-0.15, -0.1) is 11.3 Å². The third-order valence-electron chi connectivity index (χ3n) is 8.10. The van der Waals surface area contributed by atoms with Gasteiger partial charge in [0.1, 0.15) is 10.7 Å². The summed E-state index contributed by atoms with van der Waals surface area (Å²) < 4.78 is 0. The minimum atomic E-state index is -0.0362. The molecule has 3 heterocycles. The molecule has 1 fully saturated rings. The second-order valence-electron chi connectivity index (χ2n) is 11.5. The summed E-state index contributed by atoms with van der Waals surface area (Å²) in [7, 11) is 0. The van der Waals surface area contributed by atoms with Crippen molar-refractivity contribution in [1.82, 2.24) is 14.9 Å². The van der Waals surface area contributed by atoms with Crippen LogP contribution in [0.3, 0.4) is 0 Å². The summed E-state index contributed by atoms with van der Waals surface area (Å²) in [4.78, 5) is 37.8. The van der Waals surface area contributed by atoms with E-state index in [-0.39, 0.29) is 16.9 Å². The lowest BCUT2D eigenvalue weighted by molar-refractivity contribution is -0.132. The number of fused-ring (bicyclic) bond motifs is 3. The van der Waals surface area contributed by atoms with Crippen LogP contribution in [0, 0.1) is 17.3 Å². The molecule has 1 atom stereocenters. The molecule has 1 aromatic carbocycles. The van der Waals surface area contributed by atoms with Gasteiger partial charge in [0.2, 0.25) is 5.91 Å². The second kappa shape index (κ2) is 9.88. The number of hydrogen-bond donors (Lipinski definition) is 1. The van der Waals surface area contributed by atoms with E-state index in [1.54, 1.807) is 11.3 Å². The standard InChI is InChI=1S/C29H37N3O2S/c1-29(2,3)21-9-10-22-23(18-21)35-28-26(22)27(34)30-24(31-28)11-12-25(33)32-15-13-20(14-16-32)17-19-7-5-4-6-8-19/h4-8,20-21H,9-18H2,1-3H3,(H,30,31,34)/t21-/m0/s1. The second-order valence-corrected chi connectivity index (χ2v) is 12.6. The van der Waals surface area contributed by atoms with Crippen LogP contribution in [0.15, 0.2) is 35.1 Å². The first-order valence-electron chi connectivity index (χ1n) is 13.1. The van der Waals surface area contributed by atoms with E-state index in [0.29, 0.717) is 30.5 Å². The first kappa shape index (κ1) is 24.2. The predicted octanol–water partition coefficient (Wildman–Crippen LogP) is 5.55. The van der Waals surface area contributed by atoms with Crippen LogP contribution in [-0.4, -0.2) is 33.9 Å². The number of thiophene rings is 1. The number of likely N-dealkylation sites (tertiary alicyclic amines) is 1. The molecule has 0 saturated carbocycles. The average Bonchev–Trinajstić information content (AvgIpc) is 3.21. The van der Waals surface area contributed by atoms with E-state index in [1.165, 1.54) is 16.0 Å². The van der Waals surface area contributed by atoms with E-state index in [4.69, 9.17) is 4.98 Å². The zero-order valence-corrected chi connectivity index (χ0v) is 22.0. The molecule has 2 aromatic heterocycles. The highest BCUT2D eigenvalue weighted by Crippen LogP contribution is 2.42. The number of nitrogens with zero attached hydrogens (tertiary/aromatic N) is 2. The molecule has 1 aliphatic carbocycles. The van der Waals surface area contributed by atoms with Gasteiger partial charge in [-0.3, -0.25) is 9.59 Å². The number of aromatic nitrogens is 2. The topological polar surface area (TPSA) is 66.1 Å². The molecule has 5 nitrogen and oxygen atoms in total. The molecule has 186 valence electrons. The van der Waals surface area contributed by atoms with Crippen molar-refractivity contribution in [3.05, 3.63) is 62.5 Å². The van der Waals surface area contributed by atoms with Gasteiger partial charge in [-0.1, -0.05) is 51.1 Å². The number of amides is 1.